The normalized spacial score (nSPS) is 13.4. The number of ether oxygens (including phenoxy) is 2. The molecule has 4 heteroatoms. The monoisotopic (exact) mass is 306 g/mol. The molecule has 0 radical (unpaired) electrons. The van der Waals surface area contributed by atoms with E-state index in [1.807, 2.05) is 0 Å². The van der Waals surface area contributed by atoms with Crippen LogP contribution >= 0.6 is 0 Å². The van der Waals surface area contributed by atoms with Crippen molar-refractivity contribution in [2.75, 3.05) is 0 Å². The van der Waals surface area contributed by atoms with Crippen molar-refractivity contribution in [1.82, 2.24) is 0 Å². The number of ketones is 1. The van der Waals surface area contributed by atoms with E-state index in [1.54, 1.807) is 60.7 Å². The second-order valence-electron chi connectivity index (χ2n) is 4.97. The maximum Gasteiger partial charge on any atom is 0.159 e. The van der Waals surface area contributed by atoms with Crippen LogP contribution in [0.25, 0.3) is 0 Å². The summed E-state index contributed by atoms with van der Waals surface area (Å²) in [6, 6.07) is 14.0. The number of carbonyl (C=O) groups excluding carboxylic acids is 2. The summed E-state index contributed by atoms with van der Waals surface area (Å²) in [4.78, 5) is 21.7. The number of benzene rings is 2. The van der Waals surface area contributed by atoms with E-state index >= 15 is 0 Å². The molecule has 2 aromatic rings. The summed E-state index contributed by atoms with van der Waals surface area (Å²) >= 11 is 0. The average molecular weight is 306 g/mol. The van der Waals surface area contributed by atoms with E-state index in [0.717, 1.165) is 6.29 Å². The maximum atomic E-state index is 11.1. The zero-order valence-electron chi connectivity index (χ0n) is 12.3. The summed E-state index contributed by atoms with van der Waals surface area (Å²) in [5.74, 6) is 2.71. The molecule has 0 aromatic heterocycles. The highest BCUT2D eigenvalue weighted by atomic mass is 16.5. The predicted molar refractivity (Wildman–Crippen MR) is 85.8 cm³/mol. The molecular formula is C19H14O4. The Balaban J connectivity index is 1.63. The van der Waals surface area contributed by atoms with Crippen LogP contribution in [0.15, 0.2) is 72.5 Å². The van der Waals surface area contributed by atoms with Crippen molar-refractivity contribution in [1.29, 1.82) is 0 Å². The lowest BCUT2D eigenvalue weighted by molar-refractivity contribution is -0.114. The molecule has 0 N–H and O–H groups in total. The number of rotatable bonds is 5. The van der Waals surface area contributed by atoms with E-state index in [-0.39, 0.29) is 5.78 Å². The van der Waals surface area contributed by atoms with E-state index in [1.165, 1.54) is 6.08 Å². The van der Waals surface area contributed by atoms with E-state index in [4.69, 9.17) is 9.47 Å². The SMILES string of the molecule is O=Cc1ccc(Oc2ccc(OC3=CCC(=O)C=C3)cc2)cc1. The largest absolute Gasteiger partial charge is 0.458 e. The topological polar surface area (TPSA) is 52.6 Å². The quantitative estimate of drug-likeness (QED) is 0.781. The van der Waals surface area contributed by atoms with Gasteiger partial charge in [-0.2, -0.15) is 0 Å². The van der Waals surface area contributed by atoms with Gasteiger partial charge in [-0.25, -0.2) is 0 Å². The average Bonchev–Trinajstić information content (AvgIpc) is 2.59. The molecule has 0 aliphatic heterocycles. The van der Waals surface area contributed by atoms with Crippen LogP contribution in [0.1, 0.15) is 16.8 Å². The first kappa shape index (κ1) is 14.8. The molecule has 2 aromatic carbocycles. The van der Waals surface area contributed by atoms with Crippen LogP contribution in [-0.4, -0.2) is 12.1 Å². The maximum absolute atomic E-state index is 11.1. The van der Waals surface area contributed by atoms with Gasteiger partial charge >= 0.3 is 0 Å². The molecule has 1 aliphatic rings. The predicted octanol–water partition coefficient (Wildman–Crippen LogP) is 4.08. The molecule has 0 heterocycles. The van der Waals surface area contributed by atoms with Gasteiger partial charge in [-0.1, -0.05) is 0 Å². The summed E-state index contributed by atoms with van der Waals surface area (Å²) < 4.78 is 11.4. The Kier molecular flexibility index (Phi) is 4.34. The van der Waals surface area contributed by atoms with Crippen LogP contribution in [0.2, 0.25) is 0 Å². The van der Waals surface area contributed by atoms with Gasteiger partial charge in [0.15, 0.2) is 5.78 Å². The Hall–Kier alpha value is -3.14. The summed E-state index contributed by atoms with van der Waals surface area (Å²) in [6.45, 7) is 0. The van der Waals surface area contributed by atoms with Gasteiger partial charge in [0.25, 0.3) is 0 Å². The van der Waals surface area contributed by atoms with Crippen molar-refractivity contribution < 1.29 is 19.1 Å². The standard InChI is InChI=1S/C19H14O4/c20-13-14-1-5-16(6-2-14)22-18-9-11-19(12-10-18)23-17-7-3-15(21)4-8-17/h1-3,5-13H,4H2. The number of carbonyl (C=O) groups is 2. The molecule has 0 amide bonds. The fourth-order valence-electron chi connectivity index (χ4n) is 2.05. The smallest absolute Gasteiger partial charge is 0.159 e. The fourth-order valence-corrected chi connectivity index (χ4v) is 2.05. The molecule has 0 atom stereocenters. The lowest BCUT2D eigenvalue weighted by Crippen LogP contribution is -2.01. The van der Waals surface area contributed by atoms with Gasteiger partial charge in [0, 0.05) is 12.0 Å². The molecule has 0 fully saturated rings. The number of hydrogen-bond donors (Lipinski definition) is 0. The van der Waals surface area contributed by atoms with Crippen LogP contribution in [0.5, 0.6) is 17.2 Å². The zero-order chi connectivity index (χ0) is 16.1. The van der Waals surface area contributed by atoms with Crippen LogP contribution in [0.4, 0.5) is 0 Å². The van der Waals surface area contributed by atoms with Gasteiger partial charge < -0.3 is 9.47 Å². The molecule has 0 saturated carbocycles. The van der Waals surface area contributed by atoms with E-state index < -0.39 is 0 Å². The summed E-state index contributed by atoms with van der Waals surface area (Å²) in [6.07, 6.45) is 6.07. The van der Waals surface area contributed by atoms with E-state index in [2.05, 4.69) is 0 Å². The summed E-state index contributed by atoms with van der Waals surface area (Å²) in [5.41, 5.74) is 0.605. The Morgan fingerprint density at radius 3 is 1.87 bits per heavy atom. The Labute approximate surface area is 133 Å². The van der Waals surface area contributed by atoms with E-state index in [0.29, 0.717) is 35.0 Å². The highest BCUT2D eigenvalue weighted by Crippen LogP contribution is 2.25. The number of aldehydes is 1. The molecule has 0 bridgehead atoms. The van der Waals surface area contributed by atoms with Crippen LogP contribution < -0.4 is 9.47 Å². The van der Waals surface area contributed by atoms with Gasteiger partial charge in [0.1, 0.15) is 29.3 Å². The molecule has 1 aliphatic carbocycles. The first-order valence-corrected chi connectivity index (χ1v) is 7.15. The minimum absolute atomic E-state index is 0.0710. The number of hydrogen-bond acceptors (Lipinski definition) is 4. The van der Waals surface area contributed by atoms with Crippen molar-refractivity contribution in [3.63, 3.8) is 0 Å². The first-order chi connectivity index (χ1) is 11.2. The molecule has 23 heavy (non-hydrogen) atoms. The molecule has 114 valence electrons. The number of allylic oxidation sites excluding steroid dienone is 3. The minimum Gasteiger partial charge on any atom is -0.458 e. The molecule has 3 rings (SSSR count). The Morgan fingerprint density at radius 1 is 0.783 bits per heavy atom. The highest BCUT2D eigenvalue weighted by Gasteiger charge is 2.06. The van der Waals surface area contributed by atoms with Crippen molar-refractivity contribution in [2.24, 2.45) is 0 Å². The molecule has 0 saturated heterocycles. The highest BCUT2D eigenvalue weighted by molar-refractivity contribution is 5.92. The van der Waals surface area contributed by atoms with Gasteiger partial charge in [-0.05, 0) is 66.8 Å². The first-order valence-electron chi connectivity index (χ1n) is 7.15. The molecular weight excluding hydrogens is 292 g/mol. The van der Waals surface area contributed by atoms with Crippen molar-refractivity contribution in [3.05, 3.63) is 78.1 Å². The lowest BCUT2D eigenvalue weighted by Gasteiger charge is -2.10. The lowest BCUT2D eigenvalue weighted by atomic mass is 10.1. The Bertz CT molecular complexity index is 768. The third kappa shape index (κ3) is 3.95. The van der Waals surface area contributed by atoms with Gasteiger partial charge in [0.2, 0.25) is 0 Å². The second-order valence-corrected chi connectivity index (χ2v) is 4.97. The third-order valence-electron chi connectivity index (χ3n) is 3.25. The molecule has 0 unspecified atom stereocenters. The van der Waals surface area contributed by atoms with Crippen LogP contribution in [0.3, 0.4) is 0 Å². The minimum atomic E-state index is 0.0710. The van der Waals surface area contributed by atoms with Crippen molar-refractivity contribution in [2.45, 2.75) is 6.42 Å². The van der Waals surface area contributed by atoms with Gasteiger partial charge in [-0.3, -0.25) is 9.59 Å². The molecule has 0 spiro atoms. The Morgan fingerprint density at radius 2 is 1.35 bits per heavy atom. The second kappa shape index (κ2) is 6.75. The van der Waals surface area contributed by atoms with Crippen LogP contribution in [0, 0.1) is 0 Å². The van der Waals surface area contributed by atoms with Crippen LogP contribution in [-0.2, 0) is 4.79 Å². The van der Waals surface area contributed by atoms with Crippen molar-refractivity contribution in [3.8, 4) is 17.2 Å². The molecule has 4 nitrogen and oxygen atoms in total. The fraction of sp³-hybridized carbons (Fsp3) is 0.0526. The van der Waals surface area contributed by atoms with E-state index in [9.17, 15) is 9.59 Å². The van der Waals surface area contributed by atoms with Gasteiger partial charge in [0.05, 0.1) is 0 Å². The summed E-state index contributed by atoms with van der Waals surface area (Å²) in [5, 5.41) is 0. The van der Waals surface area contributed by atoms with Gasteiger partial charge in [-0.15, -0.1) is 0 Å². The third-order valence-corrected chi connectivity index (χ3v) is 3.25. The van der Waals surface area contributed by atoms with Crippen molar-refractivity contribution >= 4 is 12.1 Å². The summed E-state index contributed by atoms with van der Waals surface area (Å²) in [7, 11) is 0. The zero-order valence-corrected chi connectivity index (χ0v) is 12.3.